The van der Waals surface area contributed by atoms with Crippen LogP contribution < -0.4 is 5.32 Å². The molecule has 1 amide bonds. The Labute approximate surface area is 135 Å². The van der Waals surface area contributed by atoms with Gasteiger partial charge in [0.15, 0.2) is 0 Å². The summed E-state index contributed by atoms with van der Waals surface area (Å²) in [5.41, 5.74) is 0.261. The minimum atomic E-state index is -1.62. The number of nitrogens with one attached hydrogen (secondary N) is 1. The second-order valence-electron chi connectivity index (χ2n) is 4.98. The van der Waals surface area contributed by atoms with Crippen molar-refractivity contribution >= 4 is 23.3 Å². The summed E-state index contributed by atoms with van der Waals surface area (Å²) in [6, 6.07) is 6.34. The van der Waals surface area contributed by atoms with Crippen molar-refractivity contribution in [2.75, 3.05) is 5.32 Å². The number of rotatable bonds is 4. The van der Waals surface area contributed by atoms with E-state index in [1.54, 1.807) is 6.07 Å². The van der Waals surface area contributed by atoms with Crippen molar-refractivity contribution in [3.05, 3.63) is 52.6 Å². The van der Waals surface area contributed by atoms with Gasteiger partial charge in [0.05, 0.1) is 11.1 Å². The maximum Gasteiger partial charge on any atom is 0.377 e. The Morgan fingerprint density at radius 1 is 1.29 bits per heavy atom. The van der Waals surface area contributed by atoms with Crippen LogP contribution in [0.1, 0.15) is 32.1 Å². The third-order valence-electron chi connectivity index (χ3n) is 3.55. The van der Waals surface area contributed by atoms with Crippen molar-refractivity contribution in [1.82, 2.24) is 4.57 Å². The molecule has 8 heteroatoms. The molecule has 24 heavy (non-hydrogen) atoms. The third kappa shape index (κ3) is 3.01. The Morgan fingerprint density at radius 2 is 1.96 bits per heavy atom. The summed E-state index contributed by atoms with van der Waals surface area (Å²) in [5.74, 6) is -4.07. The zero-order valence-electron chi connectivity index (χ0n) is 12.8. The largest absolute Gasteiger partial charge is 0.475 e. The third-order valence-corrected chi connectivity index (χ3v) is 3.55. The molecule has 7 nitrogen and oxygen atoms in total. The number of carboxylic acids is 1. The maximum atomic E-state index is 13.3. The summed E-state index contributed by atoms with van der Waals surface area (Å²) >= 11 is 0. The van der Waals surface area contributed by atoms with E-state index in [4.69, 9.17) is 10.4 Å². The summed E-state index contributed by atoms with van der Waals surface area (Å²) in [5, 5.41) is 20.1. The number of hydrogen-bond donors (Lipinski definition) is 2. The summed E-state index contributed by atoms with van der Waals surface area (Å²) in [6.07, 6.45) is 0. The zero-order valence-corrected chi connectivity index (χ0v) is 12.8. The molecule has 122 valence electrons. The van der Waals surface area contributed by atoms with Crippen LogP contribution in [-0.2, 0) is 11.8 Å². The van der Waals surface area contributed by atoms with Gasteiger partial charge in [-0.1, -0.05) is 0 Å². The average molecular weight is 329 g/mol. The number of carbonyl (C=O) groups excluding carboxylic acids is 2. The van der Waals surface area contributed by atoms with E-state index in [2.05, 4.69) is 5.32 Å². The number of nitriles is 1. The Balaban J connectivity index is 2.34. The van der Waals surface area contributed by atoms with Crippen LogP contribution in [0.3, 0.4) is 0 Å². The average Bonchev–Trinajstić information content (AvgIpc) is 2.84. The van der Waals surface area contributed by atoms with Crippen LogP contribution in [0.4, 0.5) is 10.1 Å². The van der Waals surface area contributed by atoms with Crippen molar-refractivity contribution in [3.8, 4) is 6.07 Å². The quantitative estimate of drug-likeness (QED) is 0.657. The second kappa shape index (κ2) is 6.34. The fourth-order valence-electron chi connectivity index (χ4n) is 2.15. The van der Waals surface area contributed by atoms with E-state index in [-0.39, 0.29) is 22.5 Å². The van der Waals surface area contributed by atoms with E-state index in [1.165, 1.54) is 36.7 Å². The highest BCUT2D eigenvalue weighted by atomic mass is 19.1. The highest BCUT2D eigenvalue weighted by Crippen LogP contribution is 2.18. The fourth-order valence-corrected chi connectivity index (χ4v) is 2.15. The number of halogens is 1. The SMILES string of the molecule is Cc1c(C(=O)C(=O)O)cc(C(=O)Nc2ccc(F)c(C#N)c2)n1C. The first kappa shape index (κ1) is 16.9. The summed E-state index contributed by atoms with van der Waals surface area (Å²) < 4.78 is 14.7. The van der Waals surface area contributed by atoms with Crippen LogP contribution >= 0.6 is 0 Å². The van der Waals surface area contributed by atoms with Gasteiger partial charge >= 0.3 is 5.97 Å². The van der Waals surface area contributed by atoms with Gasteiger partial charge in [-0.2, -0.15) is 5.26 Å². The standard InChI is InChI=1S/C16H12FN3O4/c1-8-11(14(21)16(23)24)6-13(20(8)2)15(22)19-10-3-4-12(17)9(5-10)7-18/h3-6H,1-2H3,(H,19,22)(H,23,24). The van der Waals surface area contributed by atoms with Crippen molar-refractivity contribution < 1.29 is 23.9 Å². The number of amides is 1. The van der Waals surface area contributed by atoms with Crippen LogP contribution in [-0.4, -0.2) is 27.3 Å². The molecule has 0 saturated heterocycles. The smallest absolute Gasteiger partial charge is 0.377 e. The molecule has 0 aliphatic rings. The van der Waals surface area contributed by atoms with E-state index in [1.807, 2.05) is 0 Å². The molecular formula is C16H12FN3O4. The van der Waals surface area contributed by atoms with E-state index in [9.17, 15) is 18.8 Å². The number of ketones is 1. The lowest BCUT2D eigenvalue weighted by Crippen LogP contribution is -2.16. The van der Waals surface area contributed by atoms with Gasteiger partial charge in [0, 0.05) is 18.4 Å². The molecule has 0 saturated carbocycles. The molecule has 0 fully saturated rings. The Hall–Kier alpha value is -3.47. The van der Waals surface area contributed by atoms with Crippen LogP contribution in [0.5, 0.6) is 0 Å². The number of Topliss-reactive ketones (excluding diaryl/α,β-unsaturated/α-hetero) is 1. The maximum absolute atomic E-state index is 13.3. The Bertz CT molecular complexity index is 909. The molecule has 0 aliphatic carbocycles. The van der Waals surface area contributed by atoms with Crippen LogP contribution in [0, 0.1) is 24.1 Å². The molecule has 0 atom stereocenters. The molecule has 2 aromatic rings. The van der Waals surface area contributed by atoms with E-state index < -0.39 is 23.5 Å². The fraction of sp³-hybridized carbons (Fsp3) is 0.125. The zero-order chi connectivity index (χ0) is 18.0. The first-order valence-electron chi connectivity index (χ1n) is 6.71. The molecule has 1 aromatic heterocycles. The van der Waals surface area contributed by atoms with Crippen molar-refractivity contribution in [3.63, 3.8) is 0 Å². The second-order valence-corrected chi connectivity index (χ2v) is 4.98. The van der Waals surface area contributed by atoms with Gasteiger partial charge in [-0.3, -0.25) is 9.59 Å². The molecule has 0 unspecified atom stereocenters. The number of nitrogens with zero attached hydrogens (tertiary/aromatic N) is 2. The lowest BCUT2D eigenvalue weighted by atomic mass is 10.1. The number of hydrogen-bond acceptors (Lipinski definition) is 4. The number of carboxylic acid groups (broad SMARTS) is 1. The Morgan fingerprint density at radius 3 is 2.54 bits per heavy atom. The molecule has 2 N–H and O–H groups in total. The first-order chi connectivity index (χ1) is 11.3. The minimum absolute atomic E-state index is 0.0555. The molecular weight excluding hydrogens is 317 g/mol. The monoisotopic (exact) mass is 329 g/mol. The lowest BCUT2D eigenvalue weighted by Gasteiger charge is -2.07. The molecule has 0 bridgehead atoms. The van der Waals surface area contributed by atoms with Gasteiger partial charge in [0.25, 0.3) is 11.7 Å². The van der Waals surface area contributed by atoms with Gasteiger partial charge in [-0.15, -0.1) is 0 Å². The van der Waals surface area contributed by atoms with Gasteiger partial charge < -0.3 is 15.0 Å². The highest BCUT2D eigenvalue weighted by Gasteiger charge is 2.24. The number of anilines is 1. The van der Waals surface area contributed by atoms with Crippen molar-refractivity contribution in [2.24, 2.45) is 7.05 Å². The minimum Gasteiger partial charge on any atom is -0.475 e. The molecule has 2 rings (SSSR count). The van der Waals surface area contributed by atoms with Crippen LogP contribution in [0.15, 0.2) is 24.3 Å². The number of aromatic nitrogens is 1. The molecule has 0 radical (unpaired) electrons. The predicted octanol–water partition coefficient (Wildman–Crippen LogP) is 1.86. The molecule has 1 aromatic carbocycles. The van der Waals surface area contributed by atoms with Crippen molar-refractivity contribution in [2.45, 2.75) is 6.92 Å². The van der Waals surface area contributed by atoms with E-state index in [0.717, 1.165) is 6.07 Å². The van der Waals surface area contributed by atoms with Crippen molar-refractivity contribution in [1.29, 1.82) is 5.26 Å². The summed E-state index contributed by atoms with van der Waals surface area (Å²) in [7, 11) is 1.51. The van der Waals surface area contributed by atoms with Gasteiger partial charge in [-0.25, -0.2) is 9.18 Å². The summed E-state index contributed by atoms with van der Waals surface area (Å²) in [4.78, 5) is 34.7. The Kier molecular flexibility index (Phi) is 4.46. The lowest BCUT2D eigenvalue weighted by molar-refractivity contribution is -0.131. The normalized spacial score (nSPS) is 10.1. The van der Waals surface area contributed by atoms with Crippen LogP contribution in [0.25, 0.3) is 0 Å². The molecule has 0 aliphatic heterocycles. The number of benzene rings is 1. The summed E-state index contributed by atoms with van der Waals surface area (Å²) in [6.45, 7) is 1.51. The van der Waals surface area contributed by atoms with Crippen LogP contribution in [0.2, 0.25) is 0 Å². The van der Waals surface area contributed by atoms with Gasteiger partial charge in [0.1, 0.15) is 17.6 Å². The first-order valence-corrected chi connectivity index (χ1v) is 6.71. The molecule has 1 heterocycles. The topological polar surface area (TPSA) is 112 Å². The number of carbonyl (C=O) groups is 3. The highest BCUT2D eigenvalue weighted by molar-refractivity contribution is 6.40. The number of aliphatic carboxylic acids is 1. The van der Waals surface area contributed by atoms with E-state index in [0.29, 0.717) is 5.69 Å². The van der Waals surface area contributed by atoms with Gasteiger partial charge in [-0.05, 0) is 31.2 Å². The predicted molar refractivity (Wildman–Crippen MR) is 81.2 cm³/mol. The molecule has 0 spiro atoms. The van der Waals surface area contributed by atoms with E-state index >= 15 is 0 Å². The van der Waals surface area contributed by atoms with Gasteiger partial charge in [0.2, 0.25) is 0 Å².